The number of hydrogen-bond acceptors (Lipinski definition) is 12. The lowest BCUT2D eigenvalue weighted by atomic mass is 9.99. The zero-order valence-electron chi connectivity index (χ0n) is 55.5. The molecule has 0 aliphatic carbocycles. The van der Waals surface area contributed by atoms with Crippen molar-refractivity contribution in [3.63, 3.8) is 0 Å². The van der Waals surface area contributed by atoms with E-state index in [1.165, 1.54) is 48.5 Å². The smallest absolute Gasteiger partial charge is 0.322 e. The average molecular weight is 1470 g/mol. The molecule has 0 fully saturated rings. The number of aromatic nitrogens is 6. The van der Waals surface area contributed by atoms with Crippen LogP contribution in [0.1, 0.15) is 126 Å². The highest BCUT2D eigenvalue weighted by Crippen LogP contribution is 2.35. The van der Waals surface area contributed by atoms with Gasteiger partial charge in [-0.2, -0.15) is 15.3 Å². The van der Waals surface area contributed by atoms with Gasteiger partial charge in [0.1, 0.15) is 34.5 Å². The van der Waals surface area contributed by atoms with Crippen LogP contribution in [-0.4, -0.2) is 187 Å². The maximum Gasteiger partial charge on any atom is 0.322 e. The predicted octanol–water partition coefficient (Wildman–Crippen LogP) is 9.50. The summed E-state index contributed by atoms with van der Waals surface area (Å²) in [5.41, 5.74) is 7.18. The van der Waals surface area contributed by atoms with E-state index in [1.54, 1.807) is 64.6 Å². The largest absolute Gasteiger partial charge is 0.393 e. The highest BCUT2D eigenvalue weighted by Gasteiger charge is 2.42. The molecular formula is C67H81Br2F3N16O9. The minimum atomic E-state index is -0.643. The van der Waals surface area contributed by atoms with Crippen molar-refractivity contribution in [2.24, 2.45) is 17.8 Å². The summed E-state index contributed by atoms with van der Waals surface area (Å²) in [6, 6.07) is 11.0. The number of aliphatic hydroxyl groups is 3. The van der Waals surface area contributed by atoms with Gasteiger partial charge in [-0.05, 0) is 126 Å². The summed E-state index contributed by atoms with van der Waals surface area (Å²) in [4.78, 5) is 91.5. The molecule has 9 heterocycles. The summed E-state index contributed by atoms with van der Waals surface area (Å²) >= 11 is 6.26. The Bertz CT molecular complexity index is 3900. The van der Waals surface area contributed by atoms with Crippen LogP contribution >= 0.6 is 31.9 Å². The van der Waals surface area contributed by atoms with E-state index >= 15 is 0 Å². The number of halogens is 5. The van der Waals surface area contributed by atoms with Crippen LogP contribution < -0.4 is 16.0 Å². The topological polar surface area (TPSA) is 276 Å². The van der Waals surface area contributed by atoms with Crippen molar-refractivity contribution in [3.05, 3.63) is 143 Å². The molecule has 6 aliphatic rings. The lowest BCUT2D eigenvalue weighted by Gasteiger charge is -2.33. The average Bonchev–Trinajstić information content (AvgIpc) is 1.63. The Morgan fingerprint density at radius 1 is 0.515 bits per heavy atom. The Morgan fingerprint density at radius 3 is 1.08 bits per heavy atom. The number of rotatable bonds is 9. The predicted molar refractivity (Wildman–Crippen MR) is 361 cm³/mol. The van der Waals surface area contributed by atoms with Gasteiger partial charge in [-0.3, -0.25) is 28.4 Å². The first-order chi connectivity index (χ1) is 46.1. The van der Waals surface area contributed by atoms with E-state index in [-0.39, 0.29) is 99.9 Å². The molecule has 0 unspecified atom stereocenters. The van der Waals surface area contributed by atoms with Gasteiger partial charge < -0.3 is 60.7 Å². The van der Waals surface area contributed by atoms with Crippen LogP contribution in [0.4, 0.5) is 50.3 Å². The maximum atomic E-state index is 13.6. The minimum Gasteiger partial charge on any atom is -0.393 e. The van der Waals surface area contributed by atoms with Crippen LogP contribution in [0.3, 0.4) is 0 Å². The highest BCUT2D eigenvalue weighted by atomic mass is 79.9. The van der Waals surface area contributed by atoms with Crippen LogP contribution in [0, 0.1) is 41.8 Å². The Labute approximate surface area is 577 Å². The van der Waals surface area contributed by atoms with Crippen LogP contribution in [0.2, 0.25) is 0 Å². The molecule has 97 heavy (non-hydrogen) atoms. The molecule has 25 nitrogen and oxygen atoms in total. The van der Waals surface area contributed by atoms with Crippen molar-refractivity contribution in [2.45, 2.75) is 156 Å². The van der Waals surface area contributed by atoms with Crippen molar-refractivity contribution in [2.75, 3.05) is 56.7 Å². The molecule has 9 atom stereocenters. The van der Waals surface area contributed by atoms with E-state index < -0.39 is 41.8 Å². The van der Waals surface area contributed by atoms with Crippen molar-refractivity contribution in [3.8, 4) is 0 Å². The molecule has 6 aliphatic heterocycles. The third kappa shape index (κ3) is 15.0. The number of carbonyl (C=O) groups excluding carboxylic acids is 6. The second kappa shape index (κ2) is 29.8. The van der Waals surface area contributed by atoms with Crippen LogP contribution in [0.25, 0.3) is 4.85 Å². The summed E-state index contributed by atoms with van der Waals surface area (Å²) in [7, 11) is 5.18. The summed E-state index contributed by atoms with van der Waals surface area (Å²) < 4.78 is 46.3. The van der Waals surface area contributed by atoms with Gasteiger partial charge in [0.15, 0.2) is 0 Å². The zero-order valence-corrected chi connectivity index (χ0v) is 58.7. The van der Waals surface area contributed by atoms with E-state index in [1.807, 2.05) is 41.5 Å². The fraction of sp³-hybridized carbons (Fsp3) is 0.493. The van der Waals surface area contributed by atoms with Gasteiger partial charge in [-0.25, -0.2) is 32.4 Å². The number of carbonyl (C=O) groups is 6. The van der Waals surface area contributed by atoms with Gasteiger partial charge in [-0.1, -0.05) is 20.8 Å². The maximum absolute atomic E-state index is 13.6. The number of aliphatic hydroxyl groups excluding tert-OH is 3. The Kier molecular flexibility index (Phi) is 21.9. The molecule has 6 aromatic rings. The van der Waals surface area contributed by atoms with Crippen molar-refractivity contribution in [1.82, 2.24) is 58.7 Å². The number of amides is 9. The lowest BCUT2D eigenvalue weighted by molar-refractivity contribution is 0.0618. The summed E-state index contributed by atoms with van der Waals surface area (Å²) in [5.74, 6) is -2.27. The molecule has 0 saturated carbocycles. The standard InChI is InChI=1S/C23H27FN6O3.2C22H27BrFN5O3/c1-5-20(31)14-10-28(4)22(32)21-16-12-29(13(2)8-18(16)27-30(21)11-14)23(33)26-15-6-7-17(24)19(9-15)25-3;2*1-4-19(30)13-9-27(3)21(31)20-15-11-28(12(2)7-18(15)26-29(20)10-13)22(32)25-14-5-6-17(24)16(23)8-14/h6-7,9,13-14,20,31H,5,8,10-12H2,1-2,4H3,(H,26,33);2*5-6,8,12-13,19,30H,4,7,9-11H2,1-3H3,(H,25,32)/t13-,14+,20+;12-,13+,19+;12-,13+,19-/m111/s1. The van der Waals surface area contributed by atoms with E-state index in [4.69, 9.17) is 16.8 Å². The Balaban J connectivity index is 0.000000158. The molecule has 0 bridgehead atoms. The normalized spacial score (nSPS) is 21.4. The number of nitrogens with zero attached hydrogens (tertiary/aromatic N) is 13. The Morgan fingerprint density at radius 2 is 0.804 bits per heavy atom. The molecule has 12 rings (SSSR count). The third-order valence-electron chi connectivity index (χ3n) is 19.2. The summed E-state index contributed by atoms with van der Waals surface area (Å²) in [6.07, 6.45) is 1.75. The molecule has 3 aromatic heterocycles. The number of fused-ring (bicyclic) bond motifs is 9. The van der Waals surface area contributed by atoms with Crippen LogP contribution in [0.5, 0.6) is 0 Å². The van der Waals surface area contributed by atoms with E-state index in [2.05, 4.69) is 57.8 Å². The van der Waals surface area contributed by atoms with E-state index in [0.717, 1.165) is 34.3 Å². The quantitative estimate of drug-likeness (QED) is 0.0739. The Hall–Kier alpha value is -8.37. The molecule has 518 valence electrons. The molecule has 9 amide bonds. The first-order valence-electron chi connectivity index (χ1n) is 32.5. The lowest BCUT2D eigenvalue weighted by Crippen LogP contribution is -2.45. The van der Waals surface area contributed by atoms with E-state index in [9.17, 15) is 57.3 Å². The fourth-order valence-corrected chi connectivity index (χ4v) is 14.3. The van der Waals surface area contributed by atoms with Gasteiger partial charge in [0.05, 0.1) is 70.5 Å². The monoisotopic (exact) mass is 1470 g/mol. The zero-order chi connectivity index (χ0) is 70.2. The SMILES string of the molecule is CC[C@@H](O)[C@H]1CN(C)C(=O)c2c3c(nn2C1)C[C@@H](C)N(C(=O)Nc1ccc(F)c(Br)c1)C3.CC[C@H](O)[C@H]1CN(C)C(=O)c2c3c(nn2C1)C[C@@H](C)N(C(=O)Nc1ccc(F)c(Br)c1)C3.[C-]#[N+]c1cc(NC(=O)N2Cc3c(nn4c3C(=O)N(C)C[C@H]([C@@H](O)CC)C4)C[C@H]2C)ccc1F. The number of anilines is 3. The summed E-state index contributed by atoms with van der Waals surface area (Å²) in [6.45, 7) is 22.0. The first-order valence-corrected chi connectivity index (χ1v) is 34.1. The van der Waals surface area contributed by atoms with Crippen molar-refractivity contribution < 1.29 is 57.3 Å². The number of hydrogen-bond donors (Lipinski definition) is 6. The van der Waals surface area contributed by atoms with Crippen LogP contribution in [0.15, 0.2) is 63.5 Å². The molecule has 6 N–H and O–H groups in total. The summed E-state index contributed by atoms with van der Waals surface area (Å²) in [5, 5.41) is 53.7. The minimum absolute atomic E-state index is 0.106. The second-order valence-electron chi connectivity index (χ2n) is 26.0. The van der Waals surface area contributed by atoms with Crippen molar-refractivity contribution in [1.29, 1.82) is 0 Å². The molecule has 0 saturated heterocycles. The van der Waals surface area contributed by atoms with Gasteiger partial charge >= 0.3 is 18.1 Å². The number of benzene rings is 3. The van der Waals surface area contributed by atoms with Crippen LogP contribution in [-0.2, 0) is 58.5 Å². The van der Waals surface area contributed by atoms with E-state index in [0.29, 0.717) is 118 Å². The van der Waals surface area contributed by atoms with Gasteiger partial charge in [-0.15, -0.1) is 0 Å². The van der Waals surface area contributed by atoms with Gasteiger partial charge in [0.25, 0.3) is 17.7 Å². The molecule has 30 heteroatoms. The third-order valence-corrected chi connectivity index (χ3v) is 20.4. The number of nitrogens with one attached hydrogen (secondary N) is 3. The number of urea groups is 3. The van der Waals surface area contributed by atoms with Gasteiger partial charge in [0, 0.05) is 149 Å². The van der Waals surface area contributed by atoms with Gasteiger partial charge in [0.2, 0.25) is 5.69 Å². The highest BCUT2D eigenvalue weighted by molar-refractivity contribution is 9.10. The first kappa shape index (κ1) is 71.4. The second-order valence-corrected chi connectivity index (χ2v) is 27.7. The molecular weight excluding hydrogens is 1390 g/mol. The molecule has 3 aromatic carbocycles. The molecule has 0 spiro atoms. The fourth-order valence-electron chi connectivity index (χ4n) is 13.5. The molecule has 0 radical (unpaired) electrons. The van der Waals surface area contributed by atoms with Crippen molar-refractivity contribution >= 4 is 90.4 Å².